The molecule has 1 fully saturated rings. The monoisotopic (exact) mass is 335 g/mol. The van der Waals surface area contributed by atoms with Crippen molar-refractivity contribution in [3.05, 3.63) is 65.9 Å². The van der Waals surface area contributed by atoms with E-state index in [1.54, 1.807) is 12.4 Å². The molecular weight excluding hydrogens is 314 g/mol. The minimum Gasteiger partial charge on any atom is -0.457 e. The van der Waals surface area contributed by atoms with E-state index in [2.05, 4.69) is 29.9 Å². The second-order valence-electron chi connectivity index (χ2n) is 7.39. The third kappa shape index (κ3) is 2.69. The fourth-order valence-corrected chi connectivity index (χ4v) is 3.60. The van der Waals surface area contributed by atoms with Crippen molar-refractivity contribution in [2.45, 2.75) is 39.2 Å². The summed E-state index contributed by atoms with van der Waals surface area (Å²) < 4.78 is 7.61. The molecule has 0 radical (unpaired) electrons. The van der Waals surface area contributed by atoms with Crippen molar-refractivity contribution in [1.82, 2.24) is 14.4 Å². The molecule has 0 unspecified atom stereocenters. The molecule has 0 bridgehead atoms. The molecule has 128 valence electrons. The largest absolute Gasteiger partial charge is 0.457 e. The molecule has 3 aromatic heterocycles. The summed E-state index contributed by atoms with van der Waals surface area (Å²) in [7, 11) is 0. The topological polar surface area (TPSA) is 56.5 Å². The van der Waals surface area contributed by atoms with Crippen molar-refractivity contribution in [2.75, 3.05) is 0 Å². The molecule has 0 amide bonds. The number of imidazole rings is 1. The van der Waals surface area contributed by atoms with Gasteiger partial charge in [0.25, 0.3) is 0 Å². The summed E-state index contributed by atoms with van der Waals surface area (Å²) in [6, 6.07) is 7.96. The quantitative estimate of drug-likeness (QED) is 0.684. The van der Waals surface area contributed by atoms with E-state index < -0.39 is 0 Å². The minimum absolute atomic E-state index is 0.114. The van der Waals surface area contributed by atoms with E-state index in [9.17, 15) is 4.79 Å². The van der Waals surface area contributed by atoms with Crippen LogP contribution in [0.2, 0.25) is 0 Å². The SMILES string of the molecule is Cc1ccn2cc(C(=O)O[C@@H]3C[C@H](c4cccnc4)C3(C)C)nc2c1. The molecule has 5 nitrogen and oxygen atoms in total. The second-order valence-corrected chi connectivity index (χ2v) is 7.39. The summed E-state index contributed by atoms with van der Waals surface area (Å²) >= 11 is 0. The zero-order valence-electron chi connectivity index (χ0n) is 14.6. The standard InChI is InChI=1S/C20H21N3O2/c1-13-6-8-23-12-16(22-18(23)9-13)19(24)25-17-10-15(20(17,2)3)14-5-4-7-21-11-14/h4-9,11-12,15,17H,10H2,1-3H3/t15-,17-/m1/s1. The molecule has 5 heteroatoms. The van der Waals surface area contributed by atoms with Gasteiger partial charge in [-0.05, 0) is 48.6 Å². The number of fused-ring (bicyclic) bond motifs is 1. The lowest BCUT2D eigenvalue weighted by Crippen LogP contribution is -2.49. The van der Waals surface area contributed by atoms with Gasteiger partial charge in [0, 0.05) is 30.2 Å². The minimum atomic E-state index is -0.357. The van der Waals surface area contributed by atoms with E-state index in [0.717, 1.165) is 17.6 Å². The van der Waals surface area contributed by atoms with Gasteiger partial charge in [0.05, 0.1) is 0 Å². The number of aryl methyl sites for hydroxylation is 1. The number of aromatic nitrogens is 3. The van der Waals surface area contributed by atoms with Crippen LogP contribution in [0.5, 0.6) is 0 Å². The van der Waals surface area contributed by atoms with Crippen LogP contribution in [0.25, 0.3) is 5.65 Å². The van der Waals surface area contributed by atoms with Crippen molar-refractivity contribution in [1.29, 1.82) is 0 Å². The first-order valence-electron chi connectivity index (χ1n) is 8.51. The summed E-state index contributed by atoms with van der Waals surface area (Å²) in [5, 5.41) is 0. The van der Waals surface area contributed by atoms with Gasteiger partial charge in [-0.25, -0.2) is 9.78 Å². The van der Waals surface area contributed by atoms with E-state index in [0.29, 0.717) is 11.6 Å². The molecule has 0 aromatic carbocycles. The van der Waals surface area contributed by atoms with E-state index in [1.165, 1.54) is 5.56 Å². The molecule has 0 saturated heterocycles. The number of carbonyl (C=O) groups is 1. The number of pyridine rings is 2. The van der Waals surface area contributed by atoms with Gasteiger partial charge < -0.3 is 9.14 Å². The predicted octanol–water partition coefficient (Wildman–Crippen LogP) is 3.78. The van der Waals surface area contributed by atoms with Gasteiger partial charge in [0.15, 0.2) is 5.69 Å². The maximum atomic E-state index is 12.5. The highest BCUT2D eigenvalue weighted by atomic mass is 16.5. The van der Waals surface area contributed by atoms with Crippen LogP contribution in [0.3, 0.4) is 0 Å². The zero-order valence-corrected chi connectivity index (χ0v) is 14.6. The summed E-state index contributed by atoms with van der Waals surface area (Å²) in [5.41, 5.74) is 3.30. The number of esters is 1. The Balaban J connectivity index is 1.49. The fourth-order valence-electron chi connectivity index (χ4n) is 3.60. The first-order valence-corrected chi connectivity index (χ1v) is 8.51. The predicted molar refractivity (Wildman–Crippen MR) is 94.5 cm³/mol. The molecule has 4 rings (SSSR count). The number of nitrogens with zero attached hydrogens (tertiary/aromatic N) is 3. The Morgan fingerprint density at radius 3 is 2.92 bits per heavy atom. The van der Waals surface area contributed by atoms with Crippen LogP contribution in [-0.2, 0) is 4.74 Å². The van der Waals surface area contributed by atoms with Crippen molar-refractivity contribution >= 4 is 11.6 Å². The molecule has 1 aliphatic rings. The number of carbonyl (C=O) groups excluding carboxylic acids is 1. The Hall–Kier alpha value is -2.69. The molecular formula is C20H21N3O2. The molecule has 3 heterocycles. The Morgan fingerprint density at radius 1 is 1.36 bits per heavy atom. The van der Waals surface area contributed by atoms with E-state index in [-0.39, 0.29) is 17.5 Å². The smallest absolute Gasteiger partial charge is 0.358 e. The van der Waals surface area contributed by atoms with Crippen LogP contribution in [0.1, 0.15) is 47.8 Å². The van der Waals surface area contributed by atoms with E-state index in [1.807, 2.05) is 41.9 Å². The average molecular weight is 335 g/mol. The lowest BCUT2D eigenvalue weighted by atomic mass is 9.58. The molecule has 1 aliphatic carbocycles. The molecule has 2 atom stereocenters. The lowest BCUT2D eigenvalue weighted by molar-refractivity contribution is -0.0800. The molecule has 0 aliphatic heterocycles. The summed E-state index contributed by atoms with van der Waals surface area (Å²) in [6.07, 6.45) is 8.00. The number of hydrogen-bond acceptors (Lipinski definition) is 4. The second kappa shape index (κ2) is 5.69. The Bertz CT molecular complexity index is 931. The normalized spacial score (nSPS) is 21.7. The molecule has 0 N–H and O–H groups in total. The van der Waals surface area contributed by atoms with Gasteiger partial charge in [-0.3, -0.25) is 4.98 Å². The van der Waals surface area contributed by atoms with Gasteiger partial charge in [-0.2, -0.15) is 0 Å². The number of ether oxygens (including phenoxy) is 1. The number of hydrogen-bond donors (Lipinski definition) is 0. The summed E-state index contributed by atoms with van der Waals surface area (Å²) in [6.45, 7) is 6.28. The Morgan fingerprint density at radius 2 is 2.20 bits per heavy atom. The van der Waals surface area contributed by atoms with Crippen LogP contribution < -0.4 is 0 Å². The third-order valence-corrected chi connectivity index (χ3v) is 5.34. The van der Waals surface area contributed by atoms with Gasteiger partial charge in [-0.1, -0.05) is 19.9 Å². The van der Waals surface area contributed by atoms with E-state index in [4.69, 9.17) is 4.74 Å². The Kier molecular flexibility index (Phi) is 3.60. The van der Waals surface area contributed by atoms with Crippen molar-refractivity contribution in [3.63, 3.8) is 0 Å². The molecule has 3 aromatic rings. The Labute approximate surface area is 146 Å². The first-order chi connectivity index (χ1) is 11.9. The van der Waals surface area contributed by atoms with Gasteiger partial charge >= 0.3 is 5.97 Å². The molecule has 1 saturated carbocycles. The van der Waals surface area contributed by atoms with Crippen LogP contribution in [0.4, 0.5) is 0 Å². The van der Waals surface area contributed by atoms with Crippen LogP contribution in [0, 0.1) is 12.3 Å². The molecule has 25 heavy (non-hydrogen) atoms. The van der Waals surface area contributed by atoms with Gasteiger partial charge in [0.1, 0.15) is 11.8 Å². The average Bonchev–Trinajstić information content (AvgIpc) is 3.02. The first kappa shape index (κ1) is 15.8. The maximum Gasteiger partial charge on any atom is 0.358 e. The third-order valence-electron chi connectivity index (χ3n) is 5.34. The lowest BCUT2D eigenvalue weighted by Gasteiger charge is -2.51. The van der Waals surface area contributed by atoms with Crippen LogP contribution >= 0.6 is 0 Å². The van der Waals surface area contributed by atoms with Crippen molar-refractivity contribution in [3.8, 4) is 0 Å². The van der Waals surface area contributed by atoms with E-state index >= 15 is 0 Å². The van der Waals surface area contributed by atoms with Gasteiger partial charge in [0.2, 0.25) is 0 Å². The fraction of sp³-hybridized carbons (Fsp3) is 0.350. The maximum absolute atomic E-state index is 12.5. The molecule has 0 spiro atoms. The number of rotatable bonds is 3. The highest BCUT2D eigenvalue weighted by molar-refractivity contribution is 5.88. The zero-order chi connectivity index (χ0) is 17.6. The van der Waals surface area contributed by atoms with Gasteiger partial charge in [-0.15, -0.1) is 0 Å². The van der Waals surface area contributed by atoms with Crippen molar-refractivity contribution < 1.29 is 9.53 Å². The van der Waals surface area contributed by atoms with Crippen LogP contribution in [0.15, 0.2) is 49.1 Å². The summed E-state index contributed by atoms with van der Waals surface area (Å²) in [4.78, 5) is 21.1. The highest BCUT2D eigenvalue weighted by Crippen LogP contribution is 2.53. The summed E-state index contributed by atoms with van der Waals surface area (Å²) in [5.74, 6) is -0.00761. The highest BCUT2D eigenvalue weighted by Gasteiger charge is 2.51. The van der Waals surface area contributed by atoms with Crippen molar-refractivity contribution in [2.24, 2.45) is 5.41 Å². The van der Waals surface area contributed by atoms with Crippen LogP contribution in [-0.4, -0.2) is 26.4 Å².